The molecular weight excluding hydrogens is 258 g/mol. The number of rotatable bonds is 6. The smallest absolute Gasteiger partial charge is 0.120 e. The van der Waals surface area contributed by atoms with Crippen molar-refractivity contribution in [3.8, 4) is 5.75 Å². The van der Waals surface area contributed by atoms with Crippen molar-refractivity contribution < 1.29 is 4.74 Å². The minimum Gasteiger partial charge on any atom is -0.497 e. The molecule has 0 amide bonds. The maximum atomic E-state index is 6.44. The predicted octanol–water partition coefficient (Wildman–Crippen LogP) is 4.58. The number of benzene rings is 1. The van der Waals surface area contributed by atoms with E-state index in [0.717, 1.165) is 29.7 Å². The maximum absolute atomic E-state index is 6.44. The van der Waals surface area contributed by atoms with Crippen molar-refractivity contribution in [3.63, 3.8) is 0 Å². The van der Waals surface area contributed by atoms with E-state index in [4.69, 9.17) is 16.3 Å². The van der Waals surface area contributed by atoms with E-state index in [2.05, 4.69) is 18.3 Å². The topological polar surface area (TPSA) is 21.3 Å². The van der Waals surface area contributed by atoms with Crippen LogP contribution in [0.4, 0.5) is 0 Å². The molecule has 1 atom stereocenters. The molecule has 1 unspecified atom stereocenters. The Morgan fingerprint density at radius 2 is 2.11 bits per heavy atom. The highest BCUT2D eigenvalue weighted by Gasteiger charge is 2.27. The number of ether oxygens (including phenoxy) is 1. The van der Waals surface area contributed by atoms with Crippen molar-refractivity contribution in [2.24, 2.45) is 5.92 Å². The van der Waals surface area contributed by atoms with Crippen LogP contribution < -0.4 is 10.1 Å². The van der Waals surface area contributed by atoms with E-state index in [-0.39, 0.29) is 0 Å². The molecule has 1 N–H and O–H groups in total. The Kier molecular flexibility index (Phi) is 5.53. The van der Waals surface area contributed by atoms with Crippen LogP contribution in [-0.4, -0.2) is 13.7 Å². The van der Waals surface area contributed by atoms with Crippen LogP contribution in [0.5, 0.6) is 5.75 Å². The first-order valence-electron chi connectivity index (χ1n) is 7.33. The number of nitrogens with one attached hydrogen (secondary N) is 1. The molecule has 1 fully saturated rings. The van der Waals surface area contributed by atoms with Crippen molar-refractivity contribution in [1.29, 1.82) is 0 Å². The van der Waals surface area contributed by atoms with Crippen LogP contribution in [0.15, 0.2) is 18.2 Å². The van der Waals surface area contributed by atoms with Gasteiger partial charge in [-0.2, -0.15) is 0 Å². The minimum atomic E-state index is 0.390. The molecule has 0 aliphatic heterocycles. The van der Waals surface area contributed by atoms with Crippen LogP contribution >= 0.6 is 11.6 Å². The summed E-state index contributed by atoms with van der Waals surface area (Å²) in [6, 6.07) is 6.44. The molecule has 2 nitrogen and oxygen atoms in total. The van der Waals surface area contributed by atoms with Gasteiger partial charge in [0.25, 0.3) is 0 Å². The highest BCUT2D eigenvalue weighted by molar-refractivity contribution is 6.31. The van der Waals surface area contributed by atoms with E-state index < -0.39 is 0 Å². The van der Waals surface area contributed by atoms with E-state index in [9.17, 15) is 0 Å². The highest BCUT2D eigenvalue weighted by Crippen LogP contribution is 2.39. The van der Waals surface area contributed by atoms with Crippen LogP contribution in [0.3, 0.4) is 0 Å². The van der Waals surface area contributed by atoms with E-state index in [0.29, 0.717) is 6.04 Å². The third kappa shape index (κ3) is 3.64. The lowest BCUT2D eigenvalue weighted by Crippen LogP contribution is -2.28. The lowest BCUT2D eigenvalue weighted by atomic mass is 9.91. The summed E-state index contributed by atoms with van der Waals surface area (Å²) in [6.07, 6.45) is 6.47. The Labute approximate surface area is 121 Å². The molecule has 1 saturated carbocycles. The molecule has 0 saturated heterocycles. The van der Waals surface area contributed by atoms with Crippen molar-refractivity contribution in [2.75, 3.05) is 13.7 Å². The Balaban J connectivity index is 2.20. The van der Waals surface area contributed by atoms with Crippen LogP contribution in [0.2, 0.25) is 5.02 Å². The summed E-state index contributed by atoms with van der Waals surface area (Å²) < 4.78 is 5.23. The summed E-state index contributed by atoms with van der Waals surface area (Å²) in [5.41, 5.74) is 1.22. The van der Waals surface area contributed by atoms with Gasteiger partial charge in [-0.1, -0.05) is 37.4 Å². The molecule has 0 aromatic heterocycles. The summed E-state index contributed by atoms with van der Waals surface area (Å²) in [5, 5.41) is 4.50. The molecule has 0 spiro atoms. The first kappa shape index (κ1) is 14.7. The molecule has 0 radical (unpaired) electrons. The van der Waals surface area contributed by atoms with Gasteiger partial charge in [-0.15, -0.1) is 0 Å². The Morgan fingerprint density at radius 3 is 2.68 bits per heavy atom. The first-order valence-corrected chi connectivity index (χ1v) is 7.71. The van der Waals surface area contributed by atoms with Gasteiger partial charge >= 0.3 is 0 Å². The molecule has 1 aromatic rings. The lowest BCUT2D eigenvalue weighted by Gasteiger charge is -2.26. The zero-order valence-corrected chi connectivity index (χ0v) is 12.7. The van der Waals surface area contributed by atoms with Gasteiger partial charge in [-0.3, -0.25) is 0 Å². The quantitative estimate of drug-likeness (QED) is 0.824. The average molecular weight is 282 g/mol. The van der Waals surface area contributed by atoms with Gasteiger partial charge in [0.05, 0.1) is 7.11 Å². The fourth-order valence-corrected chi connectivity index (χ4v) is 3.30. The third-order valence-corrected chi connectivity index (χ3v) is 4.36. The second-order valence-corrected chi connectivity index (χ2v) is 5.77. The summed E-state index contributed by atoms with van der Waals surface area (Å²) in [7, 11) is 1.68. The summed E-state index contributed by atoms with van der Waals surface area (Å²) in [5.74, 6) is 1.55. The lowest BCUT2D eigenvalue weighted by molar-refractivity contribution is 0.367. The molecule has 1 aliphatic carbocycles. The SMILES string of the molecule is CCCNC(c1ccc(OC)cc1Cl)C1CCCC1. The second-order valence-electron chi connectivity index (χ2n) is 5.36. The molecule has 19 heavy (non-hydrogen) atoms. The largest absolute Gasteiger partial charge is 0.497 e. The number of hydrogen-bond acceptors (Lipinski definition) is 2. The maximum Gasteiger partial charge on any atom is 0.120 e. The average Bonchev–Trinajstić information content (AvgIpc) is 2.94. The van der Waals surface area contributed by atoms with Gasteiger partial charge in [0.1, 0.15) is 5.75 Å². The molecule has 0 bridgehead atoms. The normalized spacial score (nSPS) is 17.6. The van der Waals surface area contributed by atoms with E-state index in [1.54, 1.807) is 7.11 Å². The van der Waals surface area contributed by atoms with Crippen LogP contribution in [0, 0.1) is 5.92 Å². The van der Waals surface area contributed by atoms with Crippen LogP contribution in [-0.2, 0) is 0 Å². The summed E-state index contributed by atoms with van der Waals surface area (Å²) >= 11 is 6.44. The van der Waals surface area contributed by atoms with Crippen molar-refractivity contribution >= 4 is 11.6 Å². The standard InChI is InChI=1S/C16H24ClNO/c1-3-10-18-16(12-6-4-5-7-12)14-9-8-13(19-2)11-15(14)17/h8-9,11-12,16,18H,3-7,10H2,1-2H3. The zero-order chi connectivity index (χ0) is 13.7. The monoisotopic (exact) mass is 281 g/mol. The molecule has 3 heteroatoms. The van der Waals surface area contributed by atoms with Crippen molar-refractivity contribution in [1.82, 2.24) is 5.32 Å². The van der Waals surface area contributed by atoms with Crippen LogP contribution in [0.1, 0.15) is 50.6 Å². The third-order valence-electron chi connectivity index (χ3n) is 4.03. The van der Waals surface area contributed by atoms with Crippen molar-refractivity contribution in [3.05, 3.63) is 28.8 Å². The summed E-state index contributed by atoms with van der Waals surface area (Å²) in [4.78, 5) is 0. The highest BCUT2D eigenvalue weighted by atomic mass is 35.5. The first-order chi connectivity index (χ1) is 9.26. The number of methoxy groups -OCH3 is 1. The van der Waals surface area contributed by atoms with Gasteiger partial charge < -0.3 is 10.1 Å². The van der Waals surface area contributed by atoms with Gasteiger partial charge in [0, 0.05) is 11.1 Å². The number of hydrogen-bond donors (Lipinski definition) is 1. The molecule has 1 aliphatic rings. The zero-order valence-electron chi connectivity index (χ0n) is 11.9. The predicted molar refractivity (Wildman–Crippen MR) is 81.0 cm³/mol. The molecule has 1 aromatic carbocycles. The Bertz CT molecular complexity index is 402. The Morgan fingerprint density at radius 1 is 1.37 bits per heavy atom. The van der Waals surface area contributed by atoms with Gasteiger partial charge in [0.2, 0.25) is 0 Å². The van der Waals surface area contributed by atoms with Crippen molar-refractivity contribution in [2.45, 2.75) is 45.1 Å². The summed E-state index contributed by atoms with van der Waals surface area (Å²) in [6.45, 7) is 3.25. The van der Waals surface area contributed by atoms with Gasteiger partial charge in [-0.25, -0.2) is 0 Å². The minimum absolute atomic E-state index is 0.390. The number of halogens is 1. The van der Waals surface area contributed by atoms with E-state index >= 15 is 0 Å². The molecule has 2 rings (SSSR count). The van der Waals surface area contributed by atoms with Gasteiger partial charge in [0.15, 0.2) is 0 Å². The van der Waals surface area contributed by atoms with E-state index in [1.807, 2.05) is 12.1 Å². The van der Waals surface area contributed by atoms with Gasteiger partial charge in [-0.05, 0) is 49.4 Å². The Hall–Kier alpha value is -0.730. The molecule has 0 heterocycles. The molecule has 106 valence electrons. The van der Waals surface area contributed by atoms with Crippen LogP contribution in [0.25, 0.3) is 0 Å². The molecular formula is C16H24ClNO. The van der Waals surface area contributed by atoms with E-state index in [1.165, 1.54) is 31.2 Å². The second kappa shape index (κ2) is 7.16. The fraction of sp³-hybridized carbons (Fsp3) is 0.625. The fourth-order valence-electron chi connectivity index (χ4n) is 3.01.